The summed E-state index contributed by atoms with van der Waals surface area (Å²) in [4.78, 5) is 24.9. The van der Waals surface area contributed by atoms with E-state index in [1.165, 1.54) is 18.1 Å². The van der Waals surface area contributed by atoms with Crippen LogP contribution in [0.2, 0.25) is 0 Å². The second kappa shape index (κ2) is 6.31. The summed E-state index contributed by atoms with van der Waals surface area (Å²) >= 11 is 0. The van der Waals surface area contributed by atoms with E-state index in [1.807, 2.05) is 0 Å². The number of nitrogens with zero attached hydrogens (tertiary/aromatic N) is 1. The van der Waals surface area contributed by atoms with Crippen LogP contribution < -0.4 is 0 Å². The van der Waals surface area contributed by atoms with Crippen LogP contribution in [0, 0.1) is 12.7 Å². The summed E-state index contributed by atoms with van der Waals surface area (Å²) < 4.78 is 18.0. The number of rotatable bonds is 4. The summed E-state index contributed by atoms with van der Waals surface area (Å²) in [5.74, 6) is -1.33. The van der Waals surface area contributed by atoms with E-state index in [1.54, 1.807) is 32.9 Å². The van der Waals surface area contributed by atoms with Crippen LogP contribution in [-0.2, 0) is 9.53 Å². The minimum absolute atomic E-state index is 0.150. The second-order valence-electron chi connectivity index (χ2n) is 4.57. The van der Waals surface area contributed by atoms with Crippen molar-refractivity contribution >= 4 is 11.9 Å². The molecule has 0 aliphatic rings. The maximum Gasteiger partial charge on any atom is 0.325 e. The maximum atomic E-state index is 13.5. The van der Waals surface area contributed by atoms with E-state index in [-0.39, 0.29) is 24.1 Å². The van der Waals surface area contributed by atoms with Gasteiger partial charge in [0.05, 0.1) is 7.11 Å². The molecular weight excluding hydrogens is 249 g/mol. The van der Waals surface area contributed by atoms with Gasteiger partial charge in [-0.1, -0.05) is 6.07 Å². The van der Waals surface area contributed by atoms with E-state index < -0.39 is 11.8 Å². The number of carbonyl (C=O) groups is 2. The Morgan fingerprint density at radius 1 is 1.37 bits per heavy atom. The molecule has 0 spiro atoms. The van der Waals surface area contributed by atoms with E-state index in [4.69, 9.17) is 0 Å². The van der Waals surface area contributed by atoms with Crippen molar-refractivity contribution in [2.45, 2.75) is 26.8 Å². The molecule has 0 saturated heterocycles. The van der Waals surface area contributed by atoms with Crippen LogP contribution in [0.5, 0.6) is 0 Å². The Morgan fingerprint density at radius 3 is 2.47 bits per heavy atom. The molecule has 0 fully saturated rings. The number of amides is 1. The van der Waals surface area contributed by atoms with Gasteiger partial charge in [0.25, 0.3) is 5.91 Å². The lowest BCUT2D eigenvalue weighted by Crippen LogP contribution is -2.41. The van der Waals surface area contributed by atoms with Gasteiger partial charge in [-0.15, -0.1) is 0 Å². The molecule has 5 heteroatoms. The van der Waals surface area contributed by atoms with Crippen molar-refractivity contribution in [1.29, 1.82) is 0 Å². The molecule has 104 valence electrons. The average Bonchev–Trinajstić information content (AvgIpc) is 2.37. The first-order chi connectivity index (χ1) is 8.86. The third kappa shape index (κ3) is 3.77. The van der Waals surface area contributed by atoms with Gasteiger partial charge in [-0.25, -0.2) is 4.39 Å². The molecule has 0 bridgehead atoms. The molecule has 0 radical (unpaired) electrons. The van der Waals surface area contributed by atoms with Gasteiger partial charge in [0.15, 0.2) is 0 Å². The number of hydrogen-bond acceptors (Lipinski definition) is 3. The Labute approximate surface area is 112 Å². The van der Waals surface area contributed by atoms with Crippen LogP contribution in [0.1, 0.15) is 29.8 Å². The number of benzene rings is 1. The Kier molecular flexibility index (Phi) is 5.03. The minimum Gasteiger partial charge on any atom is -0.468 e. The Bertz CT molecular complexity index is 486. The van der Waals surface area contributed by atoms with Crippen molar-refractivity contribution in [3.63, 3.8) is 0 Å². The summed E-state index contributed by atoms with van der Waals surface area (Å²) in [5, 5.41) is 0. The molecule has 0 atom stereocenters. The number of methoxy groups -OCH3 is 1. The summed E-state index contributed by atoms with van der Waals surface area (Å²) in [6.45, 7) is 5.04. The second-order valence-corrected chi connectivity index (χ2v) is 4.57. The molecule has 0 N–H and O–H groups in total. The van der Waals surface area contributed by atoms with Crippen LogP contribution in [0.25, 0.3) is 0 Å². The normalized spacial score (nSPS) is 10.4. The molecule has 4 nitrogen and oxygen atoms in total. The lowest BCUT2D eigenvalue weighted by molar-refractivity contribution is -0.141. The molecule has 0 unspecified atom stereocenters. The van der Waals surface area contributed by atoms with Crippen molar-refractivity contribution in [3.8, 4) is 0 Å². The zero-order valence-corrected chi connectivity index (χ0v) is 11.6. The summed E-state index contributed by atoms with van der Waals surface area (Å²) in [5.41, 5.74) is 0.696. The number of ether oxygens (including phenoxy) is 1. The highest BCUT2D eigenvalue weighted by molar-refractivity contribution is 5.96. The smallest absolute Gasteiger partial charge is 0.325 e. The quantitative estimate of drug-likeness (QED) is 0.785. The first-order valence-electron chi connectivity index (χ1n) is 6.00. The van der Waals surface area contributed by atoms with Gasteiger partial charge in [0.2, 0.25) is 0 Å². The standard InChI is InChI=1S/C14H18FNO3/c1-9(2)16(8-13(17)19-4)14(18)11-6-5-10(3)12(15)7-11/h5-7,9H,8H2,1-4H3. The first kappa shape index (κ1) is 15.1. The van der Waals surface area contributed by atoms with Gasteiger partial charge in [-0.05, 0) is 38.5 Å². The van der Waals surface area contributed by atoms with Gasteiger partial charge in [-0.3, -0.25) is 9.59 Å². The van der Waals surface area contributed by atoms with Gasteiger partial charge >= 0.3 is 5.97 Å². The van der Waals surface area contributed by atoms with Gasteiger partial charge in [0.1, 0.15) is 12.4 Å². The fourth-order valence-electron chi connectivity index (χ4n) is 1.58. The predicted molar refractivity (Wildman–Crippen MR) is 69.3 cm³/mol. The largest absolute Gasteiger partial charge is 0.468 e. The fraction of sp³-hybridized carbons (Fsp3) is 0.429. The van der Waals surface area contributed by atoms with Crippen molar-refractivity contribution < 1.29 is 18.7 Å². The Balaban J connectivity index is 2.99. The van der Waals surface area contributed by atoms with Gasteiger partial charge in [-0.2, -0.15) is 0 Å². The van der Waals surface area contributed by atoms with E-state index in [0.717, 1.165) is 0 Å². The molecule has 0 aliphatic carbocycles. The highest BCUT2D eigenvalue weighted by atomic mass is 19.1. The lowest BCUT2D eigenvalue weighted by Gasteiger charge is -2.25. The van der Waals surface area contributed by atoms with E-state index >= 15 is 0 Å². The lowest BCUT2D eigenvalue weighted by atomic mass is 10.1. The SMILES string of the molecule is COC(=O)CN(C(=O)c1ccc(C)c(F)c1)C(C)C. The average molecular weight is 267 g/mol. The molecule has 19 heavy (non-hydrogen) atoms. The number of carbonyl (C=O) groups excluding carboxylic acids is 2. The molecule has 1 aromatic carbocycles. The van der Waals surface area contributed by atoms with Crippen LogP contribution in [0.4, 0.5) is 4.39 Å². The Hall–Kier alpha value is -1.91. The number of hydrogen-bond donors (Lipinski definition) is 0. The van der Waals surface area contributed by atoms with Crippen molar-refractivity contribution in [2.75, 3.05) is 13.7 Å². The molecule has 1 amide bonds. The summed E-state index contributed by atoms with van der Waals surface area (Å²) in [7, 11) is 1.26. The minimum atomic E-state index is -0.505. The van der Waals surface area contributed by atoms with Crippen LogP contribution >= 0.6 is 0 Å². The zero-order valence-electron chi connectivity index (χ0n) is 11.6. The van der Waals surface area contributed by atoms with Crippen LogP contribution in [0.3, 0.4) is 0 Å². The third-order valence-electron chi connectivity index (χ3n) is 2.83. The van der Waals surface area contributed by atoms with Gasteiger partial charge < -0.3 is 9.64 Å². The van der Waals surface area contributed by atoms with Crippen molar-refractivity contribution in [3.05, 3.63) is 35.1 Å². The predicted octanol–water partition coefficient (Wildman–Crippen LogP) is 2.16. The molecular formula is C14H18FNO3. The fourth-order valence-corrected chi connectivity index (χ4v) is 1.58. The third-order valence-corrected chi connectivity index (χ3v) is 2.83. The number of aryl methyl sites for hydroxylation is 1. The summed E-state index contributed by atoms with van der Waals surface area (Å²) in [6, 6.07) is 4.09. The Morgan fingerprint density at radius 2 is 2.00 bits per heavy atom. The van der Waals surface area contributed by atoms with E-state index in [2.05, 4.69) is 4.74 Å². The van der Waals surface area contributed by atoms with E-state index in [9.17, 15) is 14.0 Å². The molecule has 0 aliphatic heterocycles. The first-order valence-corrected chi connectivity index (χ1v) is 6.00. The summed E-state index contributed by atoms with van der Waals surface area (Å²) in [6.07, 6.45) is 0. The topological polar surface area (TPSA) is 46.6 Å². The highest BCUT2D eigenvalue weighted by Crippen LogP contribution is 2.13. The molecule has 1 rings (SSSR count). The number of esters is 1. The van der Waals surface area contributed by atoms with Crippen LogP contribution in [-0.4, -0.2) is 36.5 Å². The van der Waals surface area contributed by atoms with Crippen molar-refractivity contribution in [1.82, 2.24) is 4.90 Å². The maximum absolute atomic E-state index is 13.5. The zero-order chi connectivity index (χ0) is 14.6. The number of halogens is 1. The van der Waals surface area contributed by atoms with Gasteiger partial charge in [0, 0.05) is 11.6 Å². The molecule has 0 aromatic heterocycles. The molecule has 0 heterocycles. The highest BCUT2D eigenvalue weighted by Gasteiger charge is 2.22. The van der Waals surface area contributed by atoms with Crippen LogP contribution in [0.15, 0.2) is 18.2 Å². The molecule has 1 aromatic rings. The van der Waals surface area contributed by atoms with E-state index in [0.29, 0.717) is 5.56 Å². The monoisotopic (exact) mass is 267 g/mol. The van der Waals surface area contributed by atoms with Crippen molar-refractivity contribution in [2.24, 2.45) is 0 Å². The molecule has 0 saturated carbocycles.